The fraction of sp³-hybridized carbons (Fsp3) is 0.538. The molecule has 5 nitrogen and oxygen atoms in total. The van der Waals surface area contributed by atoms with Gasteiger partial charge in [-0.15, -0.1) is 0 Å². The number of aliphatic hydroxyl groups excluding tert-OH is 1. The predicted octanol–water partition coefficient (Wildman–Crippen LogP) is 2.15. The minimum Gasteiger partial charge on any atom is -0.515 e. The molecule has 1 heterocycles. The monoisotopic (exact) mass is 251 g/mol. The maximum Gasteiger partial charge on any atom is 0.417 e. The molecule has 1 fully saturated rings. The largest absolute Gasteiger partial charge is 0.515 e. The van der Waals surface area contributed by atoms with E-state index in [1.807, 2.05) is 12.2 Å². The van der Waals surface area contributed by atoms with Crippen LogP contribution in [0.5, 0.6) is 0 Å². The maximum absolute atomic E-state index is 12.0. The van der Waals surface area contributed by atoms with Gasteiger partial charge in [0, 0.05) is 5.92 Å². The number of likely N-dealkylation sites (tertiary alicyclic amines) is 1. The van der Waals surface area contributed by atoms with Gasteiger partial charge in [0.1, 0.15) is 5.60 Å². The Hall–Kier alpha value is -1.78. The number of carbonyl (C=O) groups is 2. The van der Waals surface area contributed by atoms with Crippen LogP contribution in [0.15, 0.2) is 24.0 Å². The fourth-order valence-corrected chi connectivity index (χ4v) is 2.31. The van der Waals surface area contributed by atoms with Crippen LogP contribution in [0.2, 0.25) is 0 Å². The van der Waals surface area contributed by atoms with E-state index < -0.39 is 17.6 Å². The van der Waals surface area contributed by atoms with Gasteiger partial charge >= 0.3 is 6.09 Å². The summed E-state index contributed by atoms with van der Waals surface area (Å²) in [6, 6.07) is -0.328. The van der Waals surface area contributed by atoms with Crippen LogP contribution in [-0.2, 0) is 9.53 Å². The molecule has 2 unspecified atom stereocenters. The van der Waals surface area contributed by atoms with E-state index in [2.05, 4.69) is 0 Å². The lowest BCUT2D eigenvalue weighted by atomic mass is 9.99. The molecule has 98 valence electrons. The molecule has 0 aromatic carbocycles. The van der Waals surface area contributed by atoms with E-state index in [-0.39, 0.29) is 17.5 Å². The Labute approximate surface area is 106 Å². The molecule has 1 saturated heterocycles. The number of fused-ring (bicyclic) bond motifs is 1. The highest BCUT2D eigenvalue weighted by Gasteiger charge is 2.48. The number of nitrogens with zero attached hydrogens (tertiary/aromatic N) is 1. The highest BCUT2D eigenvalue weighted by atomic mass is 16.6. The topological polar surface area (TPSA) is 66.8 Å². The van der Waals surface area contributed by atoms with Gasteiger partial charge in [-0.1, -0.05) is 12.2 Å². The Morgan fingerprint density at radius 2 is 2.22 bits per heavy atom. The number of amides is 2. The summed E-state index contributed by atoms with van der Waals surface area (Å²) in [5, 5.41) is 9.13. The summed E-state index contributed by atoms with van der Waals surface area (Å²) in [5.74, 6) is -0.610. The zero-order valence-corrected chi connectivity index (χ0v) is 10.7. The van der Waals surface area contributed by atoms with Crippen LogP contribution in [0.25, 0.3) is 0 Å². The zero-order chi connectivity index (χ0) is 13.5. The summed E-state index contributed by atoms with van der Waals surface area (Å²) in [6.45, 7) is 5.24. The molecule has 18 heavy (non-hydrogen) atoms. The van der Waals surface area contributed by atoms with Crippen molar-refractivity contribution < 1.29 is 19.4 Å². The third-order valence-electron chi connectivity index (χ3n) is 3.03. The number of aliphatic hydroxyl groups is 1. The van der Waals surface area contributed by atoms with E-state index in [0.29, 0.717) is 6.42 Å². The molecule has 1 aliphatic heterocycles. The van der Waals surface area contributed by atoms with Crippen LogP contribution < -0.4 is 0 Å². The lowest BCUT2D eigenvalue weighted by molar-refractivity contribution is -0.125. The first-order valence-corrected chi connectivity index (χ1v) is 5.92. The standard InChI is InChI=1S/C13H17NO4/c1-13(2,3)18-12(17)14-10-6-4-5-8(10)9(7-15)11(14)16/h4,6-8,10,15H,5H2,1-3H3. The molecule has 0 spiro atoms. The first kappa shape index (κ1) is 12.7. The van der Waals surface area contributed by atoms with Crippen molar-refractivity contribution in [3.8, 4) is 0 Å². The Kier molecular flexibility index (Phi) is 2.92. The van der Waals surface area contributed by atoms with Crippen LogP contribution >= 0.6 is 0 Å². The molecular weight excluding hydrogens is 234 g/mol. The van der Waals surface area contributed by atoms with Crippen LogP contribution in [0.3, 0.4) is 0 Å². The van der Waals surface area contributed by atoms with E-state index >= 15 is 0 Å². The van der Waals surface area contributed by atoms with E-state index in [9.17, 15) is 9.59 Å². The van der Waals surface area contributed by atoms with E-state index in [0.717, 1.165) is 11.2 Å². The normalized spacial score (nSPS) is 28.9. The van der Waals surface area contributed by atoms with Gasteiger partial charge in [0.15, 0.2) is 0 Å². The van der Waals surface area contributed by atoms with Gasteiger partial charge in [-0.3, -0.25) is 4.79 Å². The maximum atomic E-state index is 12.0. The van der Waals surface area contributed by atoms with E-state index in [1.165, 1.54) is 0 Å². The first-order valence-electron chi connectivity index (χ1n) is 5.92. The van der Waals surface area contributed by atoms with Gasteiger partial charge in [0.05, 0.1) is 17.9 Å². The van der Waals surface area contributed by atoms with Crippen molar-refractivity contribution in [1.29, 1.82) is 0 Å². The molecule has 0 radical (unpaired) electrons. The average molecular weight is 251 g/mol. The third-order valence-corrected chi connectivity index (χ3v) is 3.03. The number of rotatable bonds is 0. The SMILES string of the molecule is CC(C)(C)OC(=O)N1C(=O)C(=CO)C2CC=CC21. The van der Waals surface area contributed by atoms with Gasteiger partial charge in [-0.25, -0.2) is 9.69 Å². The molecule has 2 amide bonds. The zero-order valence-electron chi connectivity index (χ0n) is 10.7. The van der Waals surface area contributed by atoms with Crippen LogP contribution in [0.4, 0.5) is 4.79 Å². The van der Waals surface area contributed by atoms with Crippen molar-refractivity contribution in [3.05, 3.63) is 24.0 Å². The van der Waals surface area contributed by atoms with Crippen molar-refractivity contribution in [2.45, 2.75) is 38.8 Å². The molecule has 1 N–H and O–H groups in total. The fourth-order valence-electron chi connectivity index (χ4n) is 2.31. The lowest BCUT2D eigenvalue weighted by Crippen LogP contribution is -2.42. The van der Waals surface area contributed by atoms with Gasteiger partial charge < -0.3 is 9.84 Å². The average Bonchev–Trinajstić information content (AvgIpc) is 2.73. The van der Waals surface area contributed by atoms with Crippen LogP contribution in [0, 0.1) is 5.92 Å². The molecule has 0 aromatic heterocycles. The van der Waals surface area contributed by atoms with E-state index in [1.54, 1.807) is 20.8 Å². The molecular formula is C13H17NO4. The molecule has 0 aromatic rings. The number of carbonyl (C=O) groups excluding carboxylic acids is 2. The Morgan fingerprint density at radius 1 is 1.56 bits per heavy atom. The number of hydrogen-bond acceptors (Lipinski definition) is 4. The molecule has 2 atom stereocenters. The van der Waals surface area contributed by atoms with Crippen molar-refractivity contribution in [1.82, 2.24) is 4.90 Å². The second-order valence-electron chi connectivity index (χ2n) is 5.50. The number of hydrogen-bond donors (Lipinski definition) is 1. The van der Waals surface area contributed by atoms with Crippen molar-refractivity contribution in [3.63, 3.8) is 0 Å². The van der Waals surface area contributed by atoms with Gasteiger partial charge in [-0.05, 0) is 27.2 Å². The number of allylic oxidation sites excluding steroid dienone is 1. The summed E-state index contributed by atoms with van der Waals surface area (Å²) in [6.07, 6.45) is 4.51. The highest BCUT2D eigenvalue weighted by Crippen LogP contribution is 2.38. The number of imide groups is 1. The van der Waals surface area contributed by atoms with Gasteiger partial charge in [-0.2, -0.15) is 0 Å². The smallest absolute Gasteiger partial charge is 0.417 e. The molecule has 0 bridgehead atoms. The molecule has 0 saturated carbocycles. The lowest BCUT2D eigenvalue weighted by Gasteiger charge is -2.25. The van der Waals surface area contributed by atoms with Gasteiger partial charge in [0.25, 0.3) is 5.91 Å². The van der Waals surface area contributed by atoms with Crippen LogP contribution in [0.1, 0.15) is 27.2 Å². The highest BCUT2D eigenvalue weighted by molar-refractivity contribution is 6.06. The second-order valence-corrected chi connectivity index (χ2v) is 5.50. The summed E-state index contributed by atoms with van der Waals surface area (Å²) in [7, 11) is 0. The van der Waals surface area contributed by atoms with Crippen molar-refractivity contribution in [2.24, 2.45) is 5.92 Å². The molecule has 5 heteroatoms. The Balaban J connectivity index is 2.25. The summed E-state index contributed by atoms with van der Waals surface area (Å²) >= 11 is 0. The molecule has 2 rings (SSSR count). The Bertz CT molecular complexity index is 444. The molecule has 2 aliphatic rings. The van der Waals surface area contributed by atoms with E-state index in [4.69, 9.17) is 9.84 Å². The number of ether oxygens (including phenoxy) is 1. The Morgan fingerprint density at radius 3 is 2.78 bits per heavy atom. The summed E-state index contributed by atoms with van der Waals surface area (Å²) in [5.41, 5.74) is -0.378. The summed E-state index contributed by atoms with van der Waals surface area (Å²) < 4.78 is 5.22. The summed E-state index contributed by atoms with van der Waals surface area (Å²) in [4.78, 5) is 25.1. The predicted molar refractivity (Wildman–Crippen MR) is 64.8 cm³/mol. The van der Waals surface area contributed by atoms with Crippen molar-refractivity contribution in [2.75, 3.05) is 0 Å². The van der Waals surface area contributed by atoms with Crippen LogP contribution in [-0.4, -0.2) is 33.6 Å². The first-order chi connectivity index (χ1) is 8.35. The van der Waals surface area contributed by atoms with Crippen molar-refractivity contribution >= 4 is 12.0 Å². The molecule has 1 aliphatic carbocycles. The quantitative estimate of drug-likeness (QED) is 0.407. The third kappa shape index (κ3) is 2.00. The second kappa shape index (κ2) is 4.15. The minimum atomic E-state index is -0.661. The van der Waals surface area contributed by atoms with Gasteiger partial charge in [0.2, 0.25) is 0 Å². The minimum absolute atomic E-state index is 0.144.